The lowest BCUT2D eigenvalue weighted by Gasteiger charge is -2.47. The molecule has 5 fully saturated rings. The number of hydrogen-bond acceptors (Lipinski definition) is 7. The summed E-state index contributed by atoms with van der Waals surface area (Å²) in [6.07, 6.45) is 9.50. The number of likely N-dealkylation sites (tertiary alicyclic amines) is 1. The van der Waals surface area contributed by atoms with Crippen molar-refractivity contribution in [3.63, 3.8) is 0 Å². The van der Waals surface area contributed by atoms with Gasteiger partial charge in [-0.15, -0.1) is 0 Å². The lowest BCUT2D eigenvalue weighted by molar-refractivity contribution is -0.148. The van der Waals surface area contributed by atoms with E-state index in [0.29, 0.717) is 25.3 Å². The number of carbonyl (C=O) groups is 5. The number of rotatable bonds is 16. The van der Waals surface area contributed by atoms with E-state index in [1.54, 1.807) is 4.90 Å². The quantitative estimate of drug-likeness (QED) is 0.176. The van der Waals surface area contributed by atoms with Crippen LogP contribution in [0.3, 0.4) is 0 Å². The standard InChI is InChI=1S/C38H59NO7S/c1-7-8-12-25(34(43)30(42)19-24-13-14-24)20-29(41)33-32-28(37(32,5)6)23-39(33)35(44)27(36(2,3)4)21-26(40)22-38(16-10-9-11-17-38)31-15-18-47(31,45)46/h24-25,27-28,31-33H,7-23H2,1-6H3/t25-,27-,28+,31?,32+,33-/m1/s1. The Morgan fingerprint density at radius 2 is 1.60 bits per heavy atom. The van der Waals surface area contributed by atoms with Crippen molar-refractivity contribution in [3.8, 4) is 0 Å². The zero-order valence-electron chi connectivity index (χ0n) is 29.8. The zero-order chi connectivity index (χ0) is 34.5. The summed E-state index contributed by atoms with van der Waals surface area (Å²) < 4.78 is 25.5. The number of ketones is 4. The largest absolute Gasteiger partial charge is 0.332 e. The van der Waals surface area contributed by atoms with E-state index < -0.39 is 49.6 Å². The van der Waals surface area contributed by atoms with Gasteiger partial charge in [0.15, 0.2) is 21.4 Å². The first-order chi connectivity index (χ1) is 21.9. The summed E-state index contributed by atoms with van der Waals surface area (Å²) in [6, 6.07) is -0.664. The van der Waals surface area contributed by atoms with Crippen LogP contribution >= 0.6 is 0 Å². The fourth-order valence-electron chi connectivity index (χ4n) is 9.58. The highest BCUT2D eigenvalue weighted by atomic mass is 32.2. The second-order valence-electron chi connectivity index (χ2n) is 17.7. The van der Waals surface area contributed by atoms with Crippen LogP contribution in [0.1, 0.15) is 138 Å². The Kier molecular flexibility index (Phi) is 10.4. The van der Waals surface area contributed by atoms with Gasteiger partial charge < -0.3 is 4.90 Å². The maximum Gasteiger partial charge on any atom is 0.227 e. The topological polar surface area (TPSA) is 123 Å². The number of hydrogen-bond donors (Lipinski definition) is 0. The minimum atomic E-state index is -3.18. The first kappa shape index (κ1) is 36.4. The van der Waals surface area contributed by atoms with Gasteiger partial charge in [-0.2, -0.15) is 0 Å². The van der Waals surface area contributed by atoms with Crippen molar-refractivity contribution in [2.45, 2.75) is 149 Å². The highest BCUT2D eigenvalue weighted by molar-refractivity contribution is 7.93. The molecule has 1 unspecified atom stereocenters. The minimum absolute atomic E-state index is 0.00584. The summed E-state index contributed by atoms with van der Waals surface area (Å²) in [4.78, 5) is 70.5. The highest BCUT2D eigenvalue weighted by Gasteiger charge is 2.69. The maximum atomic E-state index is 14.5. The molecule has 9 heteroatoms. The molecule has 3 saturated carbocycles. The predicted molar refractivity (Wildman–Crippen MR) is 181 cm³/mol. The summed E-state index contributed by atoms with van der Waals surface area (Å²) >= 11 is 0. The predicted octanol–water partition coefficient (Wildman–Crippen LogP) is 6.32. The summed E-state index contributed by atoms with van der Waals surface area (Å²) in [5, 5.41) is -0.461. The lowest BCUT2D eigenvalue weighted by Crippen LogP contribution is -2.52. The molecule has 0 N–H and O–H groups in total. The smallest absolute Gasteiger partial charge is 0.227 e. The van der Waals surface area contributed by atoms with Gasteiger partial charge in [0.2, 0.25) is 11.7 Å². The van der Waals surface area contributed by atoms with Crippen LogP contribution in [0.15, 0.2) is 0 Å². The molecule has 0 aromatic rings. The van der Waals surface area contributed by atoms with Gasteiger partial charge >= 0.3 is 0 Å². The van der Waals surface area contributed by atoms with Crippen LogP contribution in [0.2, 0.25) is 0 Å². The maximum absolute atomic E-state index is 14.5. The molecule has 0 bridgehead atoms. The van der Waals surface area contributed by atoms with Crippen molar-refractivity contribution in [1.82, 2.24) is 4.90 Å². The number of sulfone groups is 1. The van der Waals surface area contributed by atoms with Gasteiger partial charge in [0, 0.05) is 44.1 Å². The zero-order valence-corrected chi connectivity index (χ0v) is 30.6. The molecule has 47 heavy (non-hydrogen) atoms. The third kappa shape index (κ3) is 7.50. The Hall–Kier alpha value is -1.90. The molecular formula is C38H59NO7S. The molecule has 0 aromatic heterocycles. The molecule has 5 aliphatic rings. The number of Topliss-reactive ketones (excluding diaryl/α,β-unsaturated/α-hetero) is 4. The summed E-state index contributed by atoms with van der Waals surface area (Å²) in [6.45, 7) is 12.6. The van der Waals surface area contributed by atoms with E-state index >= 15 is 0 Å². The number of carbonyl (C=O) groups excluding carboxylic acids is 5. The van der Waals surface area contributed by atoms with E-state index in [2.05, 4.69) is 13.8 Å². The van der Waals surface area contributed by atoms with E-state index in [0.717, 1.165) is 57.8 Å². The fraction of sp³-hybridized carbons (Fsp3) is 0.868. The Labute approximate surface area is 282 Å². The molecule has 1 amide bonds. The Morgan fingerprint density at radius 1 is 0.936 bits per heavy atom. The molecule has 0 radical (unpaired) electrons. The average Bonchev–Trinajstić information content (AvgIpc) is 3.83. The average molecular weight is 674 g/mol. The summed E-state index contributed by atoms with van der Waals surface area (Å²) in [5.41, 5.74) is -1.19. The van der Waals surface area contributed by atoms with E-state index in [9.17, 15) is 32.4 Å². The van der Waals surface area contributed by atoms with Crippen molar-refractivity contribution in [1.29, 1.82) is 0 Å². The van der Waals surface area contributed by atoms with Crippen LogP contribution in [0, 0.1) is 45.8 Å². The van der Waals surface area contributed by atoms with Crippen molar-refractivity contribution in [2.24, 2.45) is 45.8 Å². The lowest BCUT2D eigenvalue weighted by atomic mass is 9.66. The summed E-state index contributed by atoms with van der Waals surface area (Å²) in [7, 11) is -3.18. The number of fused-ring (bicyclic) bond motifs is 1. The first-order valence-electron chi connectivity index (χ1n) is 18.6. The van der Waals surface area contributed by atoms with Crippen LogP contribution in [-0.2, 0) is 33.8 Å². The van der Waals surface area contributed by atoms with Gasteiger partial charge in [-0.25, -0.2) is 8.42 Å². The molecule has 2 heterocycles. The van der Waals surface area contributed by atoms with Gasteiger partial charge in [-0.3, -0.25) is 24.0 Å². The van der Waals surface area contributed by atoms with Crippen molar-refractivity contribution < 1.29 is 32.4 Å². The van der Waals surface area contributed by atoms with E-state index in [-0.39, 0.29) is 71.9 Å². The van der Waals surface area contributed by atoms with Crippen molar-refractivity contribution in [3.05, 3.63) is 0 Å². The Morgan fingerprint density at radius 3 is 2.13 bits per heavy atom. The monoisotopic (exact) mass is 673 g/mol. The molecule has 264 valence electrons. The third-order valence-corrected chi connectivity index (χ3v) is 15.4. The van der Waals surface area contributed by atoms with Crippen LogP contribution in [0.25, 0.3) is 0 Å². The first-order valence-corrected chi connectivity index (χ1v) is 20.3. The van der Waals surface area contributed by atoms with Crippen LogP contribution in [0.4, 0.5) is 0 Å². The number of nitrogens with zero attached hydrogens (tertiary/aromatic N) is 1. The van der Waals surface area contributed by atoms with E-state index in [4.69, 9.17) is 0 Å². The van der Waals surface area contributed by atoms with Gasteiger partial charge in [-0.05, 0) is 72.5 Å². The molecule has 2 aliphatic heterocycles. The fourth-order valence-corrected chi connectivity index (χ4v) is 11.5. The molecular weight excluding hydrogens is 614 g/mol. The van der Waals surface area contributed by atoms with Crippen LogP contribution in [-0.4, -0.2) is 65.9 Å². The SMILES string of the molecule is CCCC[C@H](CC(=O)[C@@H]1[C@@H]2[C@H](CN1C(=O)[C@@H](CC(=O)CC1(C3CCS3(=O)=O)CCCCC1)C(C)(C)C)C2(C)C)C(=O)C(=O)CC1CC1. The molecule has 8 nitrogen and oxygen atoms in total. The number of piperidine rings is 1. The van der Waals surface area contributed by atoms with Gasteiger partial charge in [0.1, 0.15) is 5.78 Å². The molecule has 0 aromatic carbocycles. The van der Waals surface area contributed by atoms with Gasteiger partial charge in [0.25, 0.3) is 0 Å². The molecule has 6 atom stereocenters. The van der Waals surface area contributed by atoms with Crippen molar-refractivity contribution >= 4 is 38.9 Å². The van der Waals surface area contributed by atoms with Gasteiger partial charge in [-0.1, -0.05) is 73.6 Å². The molecule has 2 saturated heterocycles. The van der Waals surface area contributed by atoms with Crippen LogP contribution in [0.5, 0.6) is 0 Å². The minimum Gasteiger partial charge on any atom is -0.332 e. The Balaban J connectivity index is 1.33. The highest BCUT2D eigenvalue weighted by Crippen LogP contribution is 2.65. The normalized spacial score (nSPS) is 30.0. The number of unbranched alkanes of at least 4 members (excludes halogenated alkanes) is 1. The second-order valence-corrected chi connectivity index (χ2v) is 20.0. The third-order valence-electron chi connectivity index (χ3n) is 12.9. The van der Waals surface area contributed by atoms with E-state index in [1.165, 1.54) is 0 Å². The van der Waals surface area contributed by atoms with Crippen molar-refractivity contribution in [2.75, 3.05) is 12.3 Å². The molecule has 3 aliphatic carbocycles. The van der Waals surface area contributed by atoms with Gasteiger partial charge in [0.05, 0.1) is 17.0 Å². The second kappa shape index (κ2) is 13.4. The molecule has 5 rings (SSSR count). The summed E-state index contributed by atoms with van der Waals surface area (Å²) in [5.74, 6) is -1.82. The number of amides is 1. The van der Waals surface area contributed by atoms with Crippen LogP contribution < -0.4 is 0 Å². The van der Waals surface area contributed by atoms with E-state index in [1.807, 2.05) is 27.7 Å². The Bertz CT molecular complexity index is 1360. The molecule has 0 spiro atoms.